The average molecular weight is 622 g/mol. The lowest BCUT2D eigenvalue weighted by Crippen LogP contribution is -2.23. The predicted molar refractivity (Wildman–Crippen MR) is 178 cm³/mol. The molecule has 2 N–H and O–H groups in total. The Balaban J connectivity index is 1.12. The molecule has 3 aromatic heterocycles. The highest BCUT2D eigenvalue weighted by molar-refractivity contribution is 5.91. The minimum Gasteiger partial charge on any atom is -0.435 e. The normalized spacial score (nSPS) is 18.7. The van der Waals surface area contributed by atoms with Gasteiger partial charge in [0.15, 0.2) is 11.4 Å². The van der Waals surface area contributed by atoms with Crippen molar-refractivity contribution in [2.24, 2.45) is 0 Å². The van der Waals surface area contributed by atoms with Gasteiger partial charge < -0.3 is 14.8 Å². The highest BCUT2D eigenvalue weighted by atomic mass is 16.3. The molecule has 10 nitrogen and oxygen atoms in total. The van der Waals surface area contributed by atoms with Crippen LogP contribution >= 0.6 is 0 Å². The molecule has 8 rings (SSSR count). The number of carbonyl (C=O) groups is 1. The number of piperidine rings is 1. The van der Waals surface area contributed by atoms with Crippen molar-refractivity contribution in [2.75, 3.05) is 11.9 Å². The Kier molecular flexibility index (Phi) is 6.65. The van der Waals surface area contributed by atoms with Gasteiger partial charge in [-0.1, -0.05) is 24.3 Å². The Morgan fingerprint density at radius 3 is 2.57 bits per heavy atom. The van der Waals surface area contributed by atoms with Gasteiger partial charge >= 0.3 is 0 Å². The summed E-state index contributed by atoms with van der Waals surface area (Å²) < 4.78 is 6.09. The van der Waals surface area contributed by atoms with Crippen LogP contribution in [0.15, 0.2) is 65.2 Å². The lowest BCUT2D eigenvalue weighted by atomic mass is 9.93. The van der Waals surface area contributed by atoms with E-state index < -0.39 is 5.60 Å². The van der Waals surface area contributed by atoms with Crippen LogP contribution in [0.25, 0.3) is 44.7 Å². The number of aromatic nitrogens is 4. The number of nitrogens with zero attached hydrogens (tertiary/aromatic N) is 6. The summed E-state index contributed by atoms with van der Waals surface area (Å²) in [7, 11) is 0. The average Bonchev–Trinajstić information content (AvgIpc) is 3.38. The Morgan fingerprint density at radius 1 is 1.04 bits per heavy atom. The number of oxazole rings is 1. The number of hydrogen-bond donors (Lipinski definition) is 2. The topological polar surface area (TPSA) is 141 Å². The second kappa shape index (κ2) is 10.8. The van der Waals surface area contributed by atoms with E-state index >= 15 is 0 Å². The first-order chi connectivity index (χ1) is 22.7. The van der Waals surface area contributed by atoms with Gasteiger partial charge in [-0.2, -0.15) is 5.26 Å². The highest BCUT2D eigenvalue weighted by Crippen LogP contribution is 2.49. The lowest BCUT2D eigenvalue weighted by Gasteiger charge is -2.18. The minimum atomic E-state index is -0.485. The van der Waals surface area contributed by atoms with E-state index in [1.807, 2.05) is 44.3 Å². The van der Waals surface area contributed by atoms with Gasteiger partial charge in [-0.25, -0.2) is 15.0 Å². The van der Waals surface area contributed by atoms with Crippen molar-refractivity contribution in [3.63, 3.8) is 0 Å². The van der Waals surface area contributed by atoms with Crippen LogP contribution in [0, 0.1) is 32.1 Å². The lowest BCUT2D eigenvalue weighted by molar-refractivity contribution is 0.112. The molecule has 1 unspecified atom stereocenters. The fourth-order valence-electron chi connectivity index (χ4n) is 6.95. The fraction of sp³-hybridized carbons (Fsp3) is 0.243. The molecule has 2 aliphatic rings. The SMILES string of the molecule is Cc1nc(Nc2cccc(-c3cccc(-c4nc5cc(C=O)cc(C#N)c5o4)c3C)c2C)c2ncc(CN3CC[C@]4(O)CC34)cc2n1. The third-order valence-electron chi connectivity index (χ3n) is 9.58. The highest BCUT2D eigenvalue weighted by Gasteiger charge is 2.60. The first-order valence-corrected chi connectivity index (χ1v) is 15.6. The minimum absolute atomic E-state index is 0.255. The third kappa shape index (κ3) is 4.92. The van der Waals surface area contributed by atoms with Crippen LogP contribution in [0.1, 0.15) is 51.3 Å². The van der Waals surface area contributed by atoms with E-state index in [0.717, 1.165) is 70.5 Å². The zero-order chi connectivity index (χ0) is 32.4. The Hall–Kier alpha value is -5.50. The van der Waals surface area contributed by atoms with Crippen molar-refractivity contribution in [2.45, 2.75) is 51.8 Å². The van der Waals surface area contributed by atoms with Crippen molar-refractivity contribution >= 4 is 39.9 Å². The second-order valence-electron chi connectivity index (χ2n) is 12.6. The van der Waals surface area contributed by atoms with Gasteiger partial charge in [0.25, 0.3) is 0 Å². The largest absolute Gasteiger partial charge is 0.435 e. The monoisotopic (exact) mass is 621 g/mol. The molecule has 0 bridgehead atoms. The molecule has 1 saturated heterocycles. The van der Waals surface area contributed by atoms with Gasteiger partial charge in [-0.3, -0.25) is 14.7 Å². The van der Waals surface area contributed by atoms with Crippen LogP contribution in [-0.4, -0.2) is 54.4 Å². The van der Waals surface area contributed by atoms with E-state index in [2.05, 4.69) is 46.4 Å². The number of nitrogens with one attached hydrogen (secondary N) is 1. The molecule has 0 spiro atoms. The Bertz CT molecular complexity index is 2310. The summed E-state index contributed by atoms with van der Waals surface area (Å²) in [6.07, 6.45) is 4.27. The van der Waals surface area contributed by atoms with Crippen molar-refractivity contribution in [3.8, 4) is 28.7 Å². The standard InChI is InChI=1S/C37H31N7O3/c1-20-26(6-4-8-28(20)36-43-31-13-23(19-45)12-25(16-38)34(31)47-36)27-7-5-9-29(21(27)2)42-35-33-30(40-22(3)41-35)14-24(17-39-33)18-44-11-10-37(46)15-32(37)44/h4-9,12-14,17,19,32,46H,10-11,15,18H2,1-3H3,(H,40,41,42)/t32?,37-/m0/s1. The Morgan fingerprint density at radius 2 is 1.83 bits per heavy atom. The molecule has 3 aromatic carbocycles. The summed E-state index contributed by atoms with van der Waals surface area (Å²) in [6.45, 7) is 7.61. The fourth-order valence-corrected chi connectivity index (χ4v) is 6.95. The van der Waals surface area contributed by atoms with Crippen molar-refractivity contribution < 1.29 is 14.3 Å². The summed E-state index contributed by atoms with van der Waals surface area (Å²) in [5.41, 5.74) is 9.25. The number of pyridine rings is 1. The van der Waals surface area contributed by atoms with E-state index in [-0.39, 0.29) is 11.6 Å². The number of aryl methyl sites for hydroxylation is 1. The summed E-state index contributed by atoms with van der Waals surface area (Å²) in [4.78, 5) is 32.6. The van der Waals surface area contributed by atoms with Gasteiger partial charge in [0.2, 0.25) is 5.89 Å². The quantitative estimate of drug-likeness (QED) is 0.188. The van der Waals surface area contributed by atoms with E-state index in [0.29, 0.717) is 46.0 Å². The number of rotatable bonds is 7. The number of aldehydes is 1. The van der Waals surface area contributed by atoms with E-state index in [4.69, 9.17) is 19.4 Å². The van der Waals surface area contributed by atoms with Crippen LogP contribution in [0.2, 0.25) is 0 Å². The van der Waals surface area contributed by atoms with Gasteiger partial charge in [-0.05, 0) is 91.8 Å². The van der Waals surface area contributed by atoms with Crippen LogP contribution in [0.4, 0.5) is 11.5 Å². The molecule has 6 aromatic rings. The molecule has 1 aliphatic heterocycles. The molecule has 1 aliphatic carbocycles. The van der Waals surface area contributed by atoms with E-state index in [1.165, 1.54) is 6.07 Å². The molecule has 0 radical (unpaired) electrons. The smallest absolute Gasteiger partial charge is 0.227 e. The van der Waals surface area contributed by atoms with Gasteiger partial charge in [0, 0.05) is 42.1 Å². The molecule has 232 valence electrons. The number of carbonyl (C=O) groups excluding carboxylic acids is 1. The zero-order valence-electron chi connectivity index (χ0n) is 26.2. The van der Waals surface area contributed by atoms with Crippen LogP contribution < -0.4 is 5.32 Å². The van der Waals surface area contributed by atoms with Crippen LogP contribution in [0.5, 0.6) is 0 Å². The molecule has 47 heavy (non-hydrogen) atoms. The maximum Gasteiger partial charge on any atom is 0.227 e. The van der Waals surface area contributed by atoms with E-state index in [1.54, 1.807) is 6.07 Å². The summed E-state index contributed by atoms with van der Waals surface area (Å²) in [6, 6.07) is 19.7. The summed E-state index contributed by atoms with van der Waals surface area (Å²) in [5, 5.41) is 23.6. The molecular weight excluding hydrogens is 590 g/mol. The molecular formula is C37H31N7O3. The predicted octanol–water partition coefficient (Wildman–Crippen LogP) is 6.56. The first kappa shape index (κ1) is 28.9. The second-order valence-corrected chi connectivity index (χ2v) is 12.6. The van der Waals surface area contributed by atoms with Crippen LogP contribution in [0.3, 0.4) is 0 Å². The number of fused-ring (bicyclic) bond motifs is 3. The molecule has 2 atom stereocenters. The first-order valence-electron chi connectivity index (χ1n) is 15.6. The van der Waals surface area contributed by atoms with Crippen LogP contribution in [-0.2, 0) is 6.54 Å². The zero-order valence-corrected chi connectivity index (χ0v) is 26.2. The number of benzene rings is 3. The maximum atomic E-state index is 11.4. The van der Waals surface area contributed by atoms with Gasteiger partial charge in [0.05, 0.1) is 16.7 Å². The third-order valence-corrected chi connectivity index (χ3v) is 9.58. The molecule has 4 heterocycles. The maximum absolute atomic E-state index is 11.4. The number of aliphatic hydroxyl groups is 1. The number of hydrogen-bond acceptors (Lipinski definition) is 10. The summed E-state index contributed by atoms with van der Waals surface area (Å²) >= 11 is 0. The van der Waals surface area contributed by atoms with Crippen molar-refractivity contribution in [1.82, 2.24) is 24.8 Å². The molecule has 1 saturated carbocycles. The van der Waals surface area contributed by atoms with Gasteiger partial charge in [0.1, 0.15) is 29.2 Å². The molecule has 2 fully saturated rings. The summed E-state index contributed by atoms with van der Waals surface area (Å²) in [5.74, 6) is 1.67. The number of anilines is 2. The number of likely N-dealkylation sites (tertiary alicyclic amines) is 1. The van der Waals surface area contributed by atoms with Gasteiger partial charge in [-0.15, -0.1) is 0 Å². The van der Waals surface area contributed by atoms with E-state index in [9.17, 15) is 15.2 Å². The molecule has 0 amide bonds. The van der Waals surface area contributed by atoms with Crippen molar-refractivity contribution in [1.29, 1.82) is 5.26 Å². The van der Waals surface area contributed by atoms with Crippen molar-refractivity contribution in [3.05, 3.63) is 94.4 Å². The molecule has 10 heteroatoms. The Labute approximate surface area is 270 Å². The number of nitriles is 1.